The van der Waals surface area contributed by atoms with Gasteiger partial charge >= 0.3 is 5.97 Å². The molecule has 2 fully saturated rings. The Bertz CT molecular complexity index is 952. The van der Waals surface area contributed by atoms with Gasteiger partial charge in [-0.15, -0.1) is 0 Å². The van der Waals surface area contributed by atoms with Gasteiger partial charge in [0.2, 0.25) is 0 Å². The topological polar surface area (TPSA) is 55.4 Å². The average Bonchev–Trinajstić information content (AvgIpc) is 3.44. The third kappa shape index (κ3) is 4.41. The first-order chi connectivity index (χ1) is 14.9. The van der Waals surface area contributed by atoms with Crippen molar-refractivity contribution in [2.45, 2.75) is 58.2 Å². The second-order valence-corrected chi connectivity index (χ2v) is 13.7. The lowest BCUT2D eigenvalue weighted by molar-refractivity contribution is -0.141. The number of esters is 1. The fraction of sp³-hybridized carbons (Fsp3) is 0.462. The highest BCUT2D eigenvalue weighted by Crippen LogP contribution is 2.80. The summed E-state index contributed by atoms with van der Waals surface area (Å²) in [7, 11) is -1.74. The summed E-state index contributed by atoms with van der Waals surface area (Å²) < 4.78 is 5.64. The van der Waals surface area contributed by atoms with Gasteiger partial charge in [-0.05, 0) is 50.3 Å². The molecule has 2 aromatic carbocycles. The van der Waals surface area contributed by atoms with Gasteiger partial charge in [0.05, 0.1) is 12.3 Å². The number of nitrogens with one attached hydrogen (secondary N) is 1. The third-order valence-electron chi connectivity index (χ3n) is 7.07. The molecule has 1 saturated heterocycles. The van der Waals surface area contributed by atoms with E-state index in [-0.39, 0.29) is 17.0 Å². The largest absolute Gasteiger partial charge is 0.458 e. The lowest BCUT2D eigenvalue weighted by Crippen LogP contribution is -2.36. The van der Waals surface area contributed by atoms with Crippen LogP contribution in [0.1, 0.15) is 47.9 Å². The van der Waals surface area contributed by atoms with Gasteiger partial charge in [0.1, 0.15) is 6.61 Å². The van der Waals surface area contributed by atoms with Crippen LogP contribution in [-0.2, 0) is 20.9 Å². The highest BCUT2D eigenvalue weighted by atomic mass is 31.2. The van der Waals surface area contributed by atoms with Gasteiger partial charge in [0, 0.05) is 25.8 Å². The molecule has 2 aliphatic rings. The van der Waals surface area contributed by atoms with E-state index in [1.807, 2.05) is 30.3 Å². The Morgan fingerprint density at radius 3 is 2.19 bits per heavy atom. The number of hydrogen-bond donors (Lipinski definition) is 1. The number of ether oxygens (including phenoxy) is 1. The van der Waals surface area contributed by atoms with E-state index < -0.39 is 7.26 Å². The number of amides is 1. The maximum absolute atomic E-state index is 13.6. The minimum Gasteiger partial charge on any atom is -0.458 e. The summed E-state index contributed by atoms with van der Waals surface area (Å²) in [6.45, 7) is 6.49. The monoisotopic (exact) mass is 438 g/mol. The zero-order valence-corrected chi connectivity index (χ0v) is 19.8. The summed E-state index contributed by atoms with van der Waals surface area (Å²) in [6.07, 6.45) is 6.57. The van der Waals surface area contributed by atoms with Crippen LogP contribution in [0.25, 0.3) is 0 Å². The molecule has 1 amide bonds. The second kappa shape index (κ2) is 8.74. The number of anilines is 1. The van der Waals surface area contributed by atoms with Crippen molar-refractivity contribution in [3.8, 4) is 0 Å². The molecule has 0 bridgehead atoms. The summed E-state index contributed by atoms with van der Waals surface area (Å²) in [4.78, 5) is 26.5. The van der Waals surface area contributed by atoms with Gasteiger partial charge < -0.3 is 10.1 Å². The first-order valence-corrected chi connectivity index (χ1v) is 13.6. The standard InChI is InChI=1S/C26H32NO3P/c1-19-15-20(2)24(21(3)16-19)27-25(29)26(11-12-26)31(13-7-8-14-31)18-23(28)30-17-22-9-5-4-6-10-22/h4-6,9-10,15-16H,7-8,11-14,17-18H2,1-3H3/p+1. The Kier molecular flexibility index (Phi) is 6.21. The lowest BCUT2D eigenvalue weighted by atomic mass is 10.0. The highest BCUT2D eigenvalue weighted by molar-refractivity contribution is 7.79. The molecule has 1 aliphatic carbocycles. The van der Waals surface area contributed by atoms with Crippen LogP contribution in [0, 0.1) is 20.8 Å². The molecule has 1 aliphatic heterocycles. The molecular formula is C26H33NO3P+. The molecule has 0 radical (unpaired) electrons. The van der Waals surface area contributed by atoms with Gasteiger partial charge in [-0.2, -0.15) is 0 Å². The van der Waals surface area contributed by atoms with E-state index in [0.29, 0.717) is 12.8 Å². The Labute approximate surface area is 186 Å². The third-order valence-corrected chi connectivity index (χ3v) is 12.7. The van der Waals surface area contributed by atoms with Crippen molar-refractivity contribution < 1.29 is 14.3 Å². The van der Waals surface area contributed by atoms with Crippen LogP contribution in [0.3, 0.4) is 0 Å². The van der Waals surface area contributed by atoms with Crippen LogP contribution >= 0.6 is 7.26 Å². The van der Waals surface area contributed by atoms with Crippen molar-refractivity contribution in [1.82, 2.24) is 0 Å². The number of aryl methyl sites for hydroxylation is 3. The molecule has 0 atom stereocenters. The molecule has 31 heavy (non-hydrogen) atoms. The Morgan fingerprint density at radius 2 is 1.61 bits per heavy atom. The minimum absolute atomic E-state index is 0.133. The maximum atomic E-state index is 13.6. The van der Waals surface area contributed by atoms with Crippen molar-refractivity contribution in [3.05, 3.63) is 64.7 Å². The van der Waals surface area contributed by atoms with E-state index in [1.165, 1.54) is 5.56 Å². The van der Waals surface area contributed by atoms with Crippen LogP contribution in [0.4, 0.5) is 5.69 Å². The molecule has 164 valence electrons. The molecule has 1 heterocycles. The number of carbonyl (C=O) groups is 2. The summed E-state index contributed by atoms with van der Waals surface area (Å²) >= 11 is 0. The maximum Gasteiger partial charge on any atom is 0.344 e. The molecule has 1 N–H and O–H groups in total. The summed E-state index contributed by atoms with van der Waals surface area (Å²) in [5.41, 5.74) is 5.34. The summed E-state index contributed by atoms with van der Waals surface area (Å²) in [6, 6.07) is 14.0. The number of rotatable bonds is 7. The molecule has 0 unspecified atom stereocenters. The van der Waals surface area contributed by atoms with Gasteiger partial charge in [-0.25, -0.2) is 4.79 Å². The van der Waals surface area contributed by atoms with Crippen molar-refractivity contribution in [1.29, 1.82) is 0 Å². The Hall–Kier alpha value is -2.19. The zero-order valence-electron chi connectivity index (χ0n) is 18.9. The fourth-order valence-electron chi connectivity index (χ4n) is 5.35. The van der Waals surface area contributed by atoms with Crippen LogP contribution in [-0.4, -0.2) is 35.5 Å². The first kappa shape index (κ1) is 22.0. The average molecular weight is 439 g/mol. The van der Waals surface area contributed by atoms with E-state index in [2.05, 4.69) is 38.2 Å². The van der Waals surface area contributed by atoms with Crippen molar-refractivity contribution in [2.24, 2.45) is 0 Å². The smallest absolute Gasteiger partial charge is 0.344 e. The van der Waals surface area contributed by atoms with E-state index in [1.54, 1.807) is 0 Å². The number of carbonyl (C=O) groups excluding carboxylic acids is 2. The van der Waals surface area contributed by atoms with Gasteiger partial charge in [-0.3, -0.25) is 4.79 Å². The van der Waals surface area contributed by atoms with Crippen LogP contribution in [0.5, 0.6) is 0 Å². The minimum atomic E-state index is -1.74. The van der Waals surface area contributed by atoms with E-state index in [9.17, 15) is 9.59 Å². The second-order valence-electron chi connectivity index (χ2n) is 9.36. The molecule has 0 spiro atoms. The van der Waals surface area contributed by atoms with E-state index in [4.69, 9.17) is 4.74 Å². The highest BCUT2D eigenvalue weighted by Gasteiger charge is 2.71. The first-order valence-electron chi connectivity index (χ1n) is 11.3. The molecule has 4 nitrogen and oxygen atoms in total. The van der Waals surface area contributed by atoms with Crippen LogP contribution in [0.2, 0.25) is 0 Å². The summed E-state index contributed by atoms with van der Waals surface area (Å²) in [5.74, 6) is -0.00509. The fourth-order valence-corrected chi connectivity index (χ4v) is 10.8. The molecule has 0 aromatic heterocycles. The molecule has 5 heteroatoms. The molecule has 1 saturated carbocycles. The van der Waals surface area contributed by atoms with Crippen molar-refractivity contribution >= 4 is 24.8 Å². The van der Waals surface area contributed by atoms with Crippen LogP contribution < -0.4 is 5.32 Å². The SMILES string of the molecule is Cc1cc(C)c(NC(=O)C2([P+]3(CC(=O)OCc4ccccc4)CCCC3)CC2)c(C)c1. The van der Waals surface area contributed by atoms with Gasteiger partial charge in [0.25, 0.3) is 5.91 Å². The predicted molar refractivity (Wildman–Crippen MR) is 128 cm³/mol. The van der Waals surface area contributed by atoms with Gasteiger partial charge in [-0.1, -0.05) is 48.0 Å². The van der Waals surface area contributed by atoms with Crippen LogP contribution in [0.15, 0.2) is 42.5 Å². The number of benzene rings is 2. The molecule has 2 aromatic rings. The Balaban J connectivity index is 1.49. The zero-order chi connectivity index (χ0) is 22.1. The van der Waals surface area contributed by atoms with E-state index in [0.717, 1.165) is 60.4 Å². The number of hydrogen-bond acceptors (Lipinski definition) is 3. The summed E-state index contributed by atoms with van der Waals surface area (Å²) in [5, 5.41) is 2.94. The molecular weight excluding hydrogens is 405 g/mol. The molecule has 4 rings (SSSR count). The van der Waals surface area contributed by atoms with Crippen molar-refractivity contribution in [2.75, 3.05) is 23.8 Å². The normalized spacial score (nSPS) is 18.4. The lowest BCUT2D eigenvalue weighted by Gasteiger charge is -2.30. The van der Waals surface area contributed by atoms with Crippen molar-refractivity contribution in [3.63, 3.8) is 0 Å². The van der Waals surface area contributed by atoms with E-state index >= 15 is 0 Å². The predicted octanol–water partition coefficient (Wildman–Crippen LogP) is 5.64. The Morgan fingerprint density at radius 1 is 1.00 bits per heavy atom. The van der Waals surface area contributed by atoms with Gasteiger partial charge in [0.15, 0.2) is 11.3 Å². The quantitative estimate of drug-likeness (QED) is 0.450.